The first-order chi connectivity index (χ1) is 10.2. The van der Waals surface area contributed by atoms with Gasteiger partial charge in [-0.05, 0) is 32.0 Å². The van der Waals surface area contributed by atoms with Crippen molar-refractivity contribution >= 4 is 11.6 Å². The molecule has 0 aliphatic carbocycles. The van der Waals surface area contributed by atoms with Crippen LogP contribution in [0.5, 0.6) is 0 Å². The third-order valence-electron chi connectivity index (χ3n) is 3.34. The van der Waals surface area contributed by atoms with Crippen molar-refractivity contribution in [2.24, 2.45) is 0 Å². The summed E-state index contributed by atoms with van der Waals surface area (Å²) in [7, 11) is 0. The molecule has 1 N–H and O–H groups in total. The maximum atomic E-state index is 12.6. The highest BCUT2D eigenvalue weighted by Crippen LogP contribution is 2.30. The van der Waals surface area contributed by atoms with Gasteiger partial charge in [-0.3, -0.25) is 9.69 Å². The Balaban J connectivity index is 1.95. The molecule has 2 rings (SSSR count). The molecule has 0 unspecified atom stereocenters. The molecule has 1 aliphatic rings. The van der Waals surface area contributed by atoms with E-state index in [0.717, 1.165) is 12.1 Å². The zero-order valence-corrected chi connectivity index (χ0v) is 12.5. The fourth-order valence-electron chi connectivity index (χ4n) is 2.59. The summed E-state index contributed by atoms with van der Waals surface area (Å²) in [5.41, 5.74) is -0.631. The topological polar surface area (TPSA) is 41.6 Å². The monoisotopic (exact) mass is 316 g/mol. The number of hydrogen-bond donors (Lipinski definition) is 1. The number of amides is 1. The van der Waals surface area contributed by atoms with Crippen LogP contribution in [-0.2, 0) is 15.7 Å². The van der Waals surface area contributed by atoms with Crippen LogP contribution in [0.4, 0.5) is 18.9 Å². The molecule has 0 spiro atoms. The normalized spacial score (nSPS) is 23.3. The van der Waals surface area contributed by atoms with Crippen molar-refractivity contribution in [2.75, 3.05) is 25.0 Å². The van der Waals surface area contributed by atoms with Crippen LogP contribution in [0.2, 0.25) is 0 Å². The van der Waals surface area contributed by atoms with Crippen LogP contribution in [0.3, 0.4) is 0 Å². The van der Waals surface area contributed by atoms with Gasteiger partial charge in [-0.15, -0.1) is 0 Å². The number of nitrogens with one attached hydrogen (secondary N) is 1. The molecular formula is C15H19F3N2O2. The van der Waals surface area contributed by atoms with Gasteiger partial charge in [-0.1, -0.05) is 6.07 Å². The van der Waals surface area contributed by atoms with Gasteiger partial charge in [0, 0.05) is 18.8 Å². The van der Waals surface area contributed by atoms with E-state index in [1.54, 1.807) is 0 Å². The van der Waals surface area contributed by atoms with Gasteiger partial charge in [0.05, 0.1) is 24.3 Å². The number of hydrogen-bond acceptors (Lipinski definition) is 3. The molecule has 1 aliphatic heterocycles. The quantitative estimate of drug-likeness (QED) is 0.932. The van der Waals surface area contributed by atoms with Crippen LogP contribution in [0, 0.1) is 0 Å². The second-order valence-electron chi connectivity index (χ2n) is 5.58. The lowest BCUT2D eigenvalue weighted by molar-refractivity contribution is -0.137. The van der Waals surface area contributed by atoms with E-state index in [-0.39, 0.29) is 30.3 Å². The second-order valence-corrected chi connectivity index (χ2v) is 5.58. The van der Waals surface area contributed by atoms with E-state index >= 15 is 0 Å². The molecule has 1 aromatic carbocycles. The second kappa shape index (κ2) is 6.66. The summed E-state index contributed by atoms with van der Waals surface area (Å²) >= 11 is 0. The van der Waals surface area contributed by atoms with Gasteiger partial charge in [0.25, 0.3) is 0 Å². The highest BCUT2D eigenvalue weighted by molar-refractivity contribution is 5.92. The Morgan fingerprint density at radius 3 is 2.55 bits per heavy atom. The number of nitrogens with zero attached hydrogens (tertiary/aromatic N) is 1. The molecule has 1 aromatic rings. The number of halogens is 3. The summed E-state index contributed by atoms with van der Waals surface area (Å²) in [4.78, 5) is 13.9. The van der Waals surface area contributed by atoms with E-state index in [2.05, 4.69) is 5.32 Å². The molecule has 1 saturated heterocycles. The molecule has 4 nitrogen and oxygen atoms in total. The van der Waals surface area contributed by atoms with Gasteiger partial charge in [0.15, 0.2) is 0 Å². The van der Waals surface area contributed by atoms with Gasteiger partial charge in [-0.25, -0.2) is 0 Å². The number of carbonyl (C=O) groups is 1. The van der Waals surface area contributed by atoms with E-state index in [9.17, 15) is 18.0 Å². The number of anilines is 1. The summed E-state index contributed by atoms with van der Waals surface area (Å²) in [6, 6.07) is 4.62. The Morgan fingerprint density at radius 2 is 1.95 bits per heavy atom. The number of carbonyl (C=O) groups excluding carboxylic acids is 1. The molecule has 0 bridgehead atoms. The Hall–Kier alpha value is -1.60. The molecule has 122 valence electrons. The van der Waals surface area contributed by atoms with Gasteiger partial charge >= 0.3 is 6.18 Å². The SMILES string of the molecule is C[C@@H]1CN(CC(=O)Nc2cccc(C(F)(F)F)c2)C[C@H](C)O1. The average Bonchev–Trinajstić information content (AvgIpc) is 2.36. The minimum absolute atomic E-state index is 0.0325. The maximum Gasteiger partial charge on any atom is 0.416 e. The van der Waals surface area contributed by atoms with E-state index in [1.165, 1.54) is 12.1 Å². The fraction of sp³-hybridized carbons (Fsp3) is 0.533. The fourth-order valence-corrected chi connectivity index (χ4v) is 2.59. The number of rotatable bonds is 3. The lowest BCUT2D eigenvalue weighted by Crippen LogP contribution is -2.48. The van der Waals surface area contributed by atoms with Crippen LogP contribution in [0.1, 0.15) is 19.4 Å². The van der Waals surface area contributed by atoms with Gasteiger partial charge in [0.2, 0.25) is 5.91 Å². The molecule has 0 saturated carbocycles. The molecule has 1 fully saturated rings. The number of alkyl halides is 3. The van der Waals surface area contributed by atoms with E-state index in [4.69, 9.17) is 4.74 Å². The first-order valence-electron chi connectivity index (χ1n) is 7.09. The van der Waals surface area contributed by atoms with Crippen molar-refractivity contribution in [3.63, 3.8) is 0 Å². The molecule has 2 atom stereocenters. The largest absolute Gasteiger partial charge is 0.416 e. The molecular weight excluding hydrogens is 297 g/mol. The van der Waals surface area contributed by atoms with Gasteiger partial charge in [-0.2, -0.15) is 13.2 Å². The van der Waals surface area contributed by atoms with E-state index < -0.39 is 11.7 Å². The van der Waals surface area contributed by atoms with Crippen LogP contribution >= 0.6 is 0 Å². The Morgan fingerprint density at radius 1 is 1.32 bits per heavy atom. The molecule has 7 heteroatoms. The minimum atomic E-state index is -4.42. The van der Waals surface area contributed by atoms with Crippen LogP contribution in [0.15, 0.2) is 24.3 Å². The lowest BCUT2D eigenvalue weighted by atomic mass is 10.2. The summed E-state index contributed by atoms with van der Waals surface area (Å²) in [6.07, 6.45) is -4.36. The lowest BCUT2D eigenvalue weighted by Gasteiger charge is -2.34. The summed E-state index contributed by atoms with van der Waals surface area (Å²) < 4.78 is 43.5. The number of ether oxygens (including phenoxy) is 1. The van der Waals surface area contributed by atoms with Crippen molar-refractivity contribution in [1.29, 1.82) is 0 Å². The molecule has 1 heterocycles. The van der Waals surface area contributed by atoms with Crippen molar-refractivity contribution in [3.8, 4) is 0 Å². The highest BCUT2D eigenvalue weighted by atomic mass is 19.4. The third-order valence-corrected chi connectivity index (χ3v) is 3.34. The van der Waals surface area contributed by atoms with Crippen molar-refractivity contribution < 1.29 is 22.7 Å². The molecule has 0 radical (unpaired) electrons. The summed E-state index contributed by atoms with van der Waals surface area (Å²) in [5.74, 6) is -0.333. The molecule has 0 aromatic heterocycles. The standard InChI is InChI=1S/C15H19F3N2O2/c1-10-7-20(8-11(2)22-10)9-14(21)19-13-5-3-4-12(6-13)15(16,17)18/h3-6,10-11H,7-9H2,1-2H3,(H,19,21)/t10-,11+. The maximum absolute atomic E-state index is 12.6. The first kappa shape index (κ1) is 16.8. The van der Waals surface area contributed by atoms with Gasteiger partial charge in [0.1, 0.15) is 0 Å². The Bertz CT molecular complexity index is 524. The summed E-state index contributed by atoms with van der Waals surface area (Å²) in [5, 5.41) is 2.51. The zero-order chi connectivity index (χ0) is 16.3. The predicted octanol–water partition coefficient (Wildman–Crippen LogP) is 2.75. The Kier molecular flexibility index (Phi) is 5.08. The smallest absolute Gasteiger partial charge is 0.373 e. The van der Waals surface area contributed by atoms with Crippen molar-refractivity contribution in [3.05, 3.63) is 29.8 Å². The molecule has 1 amide bonds. The minimum Gasteiger partial charge on any atom is -0.373 e. The zero-order valence-electron chi connectivity index (χ0n) is 12.5. The number of morpholine rings is 1. The number of benzene rings is 1. The van der Waals surface area contributed by atoms with E-state index in [1.807, 2.05) is 18.7 Å². The van der Waals surface area contributed by atoms with Crippen molar-refractivity contribution in [2.45, 2.75) is 32.2 Å². The van der Waals surface area contributed by atoms with Crippen molar-refractivity contribution in [1.82, 2.24) is 4.90 Å². The third kappa shape index (κ3) is 4.71. The predicted molar refractivity (Wildman–Crippen MR) is 76.5 cm³/mol. The molecule has 22 heavy (non-hydrogen) atoms. The first-order valence-corrected chi connectivity index (χ1v) is 7.09. The highest BCUT2D eigenvalue weighted by Gasteiger charge is 2.30. The van der Waals surface area contributed by atoms with Crippen LogP contribution < -0.4 is 5.32 Å². The van der Waals surface area contributed by atoms with Crippen LogP contribution in [0.25, 0.3) is 0 Å². The van der Waals surface area contributed by atoms with Gasteiger partial charge < -0.3 is 10.1 Å². The summed E-state index contributed by atoms with van der Waals surface area (Å²) in [6.45, 7) is 5.23. The van der Waals surface area contributed by atoms with Crippen LogP contribution in [-0.4, -0.2) is 42.6 Å². The van der Waals surface area contributed by atoms with E-state index in [0.29, 0.717) is 13.1 Å². The average molecular weight is 316 g/mol. The Labute approximate surface area is 127 Å².